The van der Waals surface area contributed by atoms with Crippen LogP contribution in [0.2, 0.25) is 0 Å². The normalized spacial score (nSPS) is 15.9. The van der Waals surface area contributed by atoms with Crippen LogP contribution >= 0.6 is 0 Å². The van der Waals surface area contributed by atoms with Gasteiger partial charge in [0, 0.05) is 37.6 Å². The number of carbonyl (C=O) groups is 2. The molecule has 0 radical (unpaired) electrons. The van der Waals surface area contributed by atoms with E-state index in [9.17, 15) is 18.0 Å². The molecule has 0 aliphatic carbocycles. The van der Waals surface area contributed by atoms with Crippen molar-refractivity contribution in [3.63, 3.8) is 0 Å². The molecule has 2 N–H and O–H groups in total. The highest BCUT2D eigenvalue weighted by Gasteiger charge is 2.38. The summed E-state index contributed by atoms with van der Waals surface area (Å²) in [6.45, 7) is 4.61. The lowest BCUT2D eigenvalue weighted by Gasteiger charge is -2.29. The van der Waals surface area contributed by atoms with Gasteiger partial charge in [-0.1, -0.05) is 0 Å². The van der Waals surface area contributed by atoms with Crippen LogP contribution in [0, 0.1) is 6.92 Å². The van der Waals surface area contributed by atoms with Crippen LogP contribution in [0.5, 0.6) is 0 Å². The van der Waals surface area contributed by atoms with Crippen LogP contribution in [0.15, 0.2) is 53.2 Å². The summed E-state index contributed by atoms with van der Waals surface area (Å²) in [5.74, 6) is -3.00. The third-order valence-corrected chi connectivity index (χ3v) is 5.03. The lowest BCUT2D eigenvalue weighted by atomic mass is 10.2. The molecule has 0 atom stereocenters. The van der Waals surface area contributed by atoms with E-state index in [0.29, 0.717) is 11.4 Å². The molecule has 1 aliphatic rings. The molecule has 1 fully saturated rings. The number of esters is 2. The predicted octanol–water partition coefficient (Wildman–Crippen LogP) is 1.72. The van der Waals surface area contributed by atoms with Gasteiger partial charge in [-0.25, -0.2) is 32.7 Å². The first kappa shape index (κ1) is 20.3. The topological polar surface area (TPSA) is 137 Å². The van der Waals surface area contributed by atoms with Crippen LogP contribution in [-0.2, 0) is 29.1 Å². The Labute approximate surface area is 167 Å². The monoisotopic (exact) mass is 418 g/mol. The fourth-order valence-electron chi connectivity index (χ4n) is 2.34. The van der Waals surface area contributed by atoms with E-state index in [4.69, 9.17) is 9.47 Å². The zero-order chi connectivity index (χ0) is 21.2. The first-order chi connectivity index (χ1) is 13.6. The summed E-state index contributed by atoms with van der Waals surface area (Å²) in [6, 6.07) is 7.27. The van der Waals surface area contributed by atoms with Gasteiger partial charge in [0.05, 0.1) is 4.90 Å². The number of nitrogens with zero attached hydrogens (tertiary/aromatic N) is 2. The van der Waals surface area contributed by atoms with E-state index < -0.39 is 27.7 Å². The van der Waals surface area contributed by atoms with Crippen LogP contribution < -0.4 is 10.0 Å². The van der Waals surface area contributed by atoms with Gasteiger partial charge in [-0.3, -0.25) is 0 Å². The molecular formula is C18H18N4O6S. The summed E-state index contributed by atoms with van der Waals surface area (Å²) in [5.41, 5.74) is 0.751. The average Bonchev–Trinajstić information content (AvgIpc) is 2.60. The summed E-state index contributed by atoms with van der Waals surface area (Å²) in [5, 5.41) is 2.73. The van der Waals surface area contributed by atoms with E-state index in [1.807, 2.05) is 0 Å². The lowest BCUT2D eigenvalue weighted by molar-refractivity contribution is -0.222. The second kappa shape index (κ2) is 7.51. The lowest BCUT2D eigenvalue weighted by Crippen LogP contribution is -2.42. The molecule has 2 aromatic rings. The molecule has 29 heavy (non-hydrogen) atoms. The Hall–Kier alpha value is -3.47. The number of nitrogens with one attached hydrogen (secondary N) is 2. The minimum atomic E-state index is -3.88. The number of hydrogen-bond donors (Lipinski definition) is 2. The van der Waals surface area contributed by atoms with E-state index in [2.05, 4.69) is 20.0 Å². The Balaban J connectivity index is 1.72. The standard InChI is InChI=1S/C18H18N4O6S/c1-11-8-9-19-17(21-11)22-29(25,26)13-6-4-12(5-7-13)20-10-14-15(23)27-18(2,3)28-16(14)24/h4-10,20H,1-3H3,(H,19,21,22). The van der Waals surface area contributed by atoms with Crippen LogP contribution in [0.4, 0.5) is 11.6 Å². The van der Waals surface area contributed by atoms with E-state index in [1.54, 1.807) is 13.0 Å². The fraction of sp³-hybridized carbons (Fsp3) is 0.222. The highest BCUT2D eigenvalue weighted by Crippen LogP contribution is 2.23. The maximum Gasteiger partial charge on any atom is 0.350 e. The minimum Gasteiger partial charge on any atom is -0.419 e. The highest BCUT2D eigenvalue weighted by atomic mass is 32.2. The van der Waals surface area contributed by atoms with Gasteiger partial charge in [-0.05, 0) is 37.3 Å². The number of carbonyl (C=O) groups excluding carboxylic acids is 2. The molecule has 0 unspecified atom stereocenters. The number of hydrogen-bond acceptors (Lipinski definition) is 9. The first-order valence-electron chi connectivity index (χ1n) is 8.42. The molecule has 0 bridgehead atoms. The van der Waals surface area contributed by atoms with E-state index in [0.717, 1.165) is 6.20 Å². The highest BCUT2D eigenvalue weighted by molar-refractivity contribution is 7.92. The third-order valence-electron chi connectivity index (χ3n) is 3.69. The largest absolute Gasteiger partial charge is 0.419 e. The Morgan fingerprint density at radius 3 is 2.24 bits per heavy atom. The summed E-state index contributed by atoms with van der Waals surface area (Å²) in [7, 11) is -3.88. The van der Waals surface area contributed by atoms with Crippen molar-refractivity contribution in [3.05, 3.63) is 54.0 Å². The van der Waals surface area contributed by atoms with Crippen molar-refractivity contribution >= 4 is 33.6 Å². The number of cyclic esters (lactones) is 2. The Morgan fingerprint density at radius 1 is 1.03 bits per heavy atom. The molecule has 10 nitrogen and oxygen atoms in total. The molecule has 152 valence electrons. The van der Waals surface area contributed by atoms with Gasteiger partial charge in [0.1, 0.15) is 0 Å². The number of ether oxygens (including phenoxy) is 2. The SMILES string of the molecule is Cc1ccnc(NS(=O)(=O)c2ccc(NC=C3C(=O)OC(C)(C)OC3=O)cc2)n1. The van der Waals surface area contributed by atoms with Crippen molar-refractivity contribution in [3.8, 4) is 0 Å². The van der Waals surface area contributed by atoms with Gasteiger partial charge >= 0.3 is 11.9 Å². The summed E-state index contributed by atoms with van der Waals surface area (Å²) in [4.78, 5) is 31.6. The molecule has 1 aromatic heterocycles. The smallest absolute Gasteiger partial charge is 0.350 e. The fourth-order valence-corrected chi connectivity index (χ4v) is 3.29. The van der Waals surface area contributed by atoms with Gasteiger partial charge in [0.2, 0.25) is 5.95 Å². The second-order valence-corrected chi connectivity index (χ2v) is 8.22. The van der Waals surface area contributed by atoms with Crippen molar-refractivity contribution in [2.45, 2.75) is 31.5 Å². The van der Waals surface area contributed by atoms with Gasteiger partial charge in [0.25, 0.3) is 15.8 Å². The molecule has 11 heteroatoms. The minimum absolute atomic E-state index is 0.0148. The number of aryl methyl sites for hydroxylation is 1. The Morgan fingerprint density at radius 2 is 1.66 bits per heavy atom. The molecule has 3 rings (SSSR count). The Bertz CT molecular complexity index is 1070. The van der Waals surface area contributed by atoms with E-state index in [-0.39, 0.29) is 16.4 Å². The molecular weight excluding hydrogens is 400 g/mol. The van der Waals surface area contributed by atoms with Crippen LogP contribution in [0.3, 0.4) is 0 Å². The van der Waals surface area contributed by atoms with Crippen molar-refractivity contribution in [2.75, 3.05) is 10.0 Å². The number of anilines is 2. The molecule has 1 saturated heterocycles. The quantitative estimate of drug-likeness (QED) is 0.422. The van der Waals surface area contributed by atoms with Crippen molar-refractivity contribution in [2.24, 2.45) is 0 Å². The van der Waals surface area contributed by atoms with Crippen molar-refractivity contribution in [1.82, 2.24) is 9.97 Å². The molecule has 1 aliphatic heterocycles. The van der Waals surface area contributed by atoms with Crippen LogP contribution in [-0.4, -0.2) is 36.1 Å². The number of aromatic nitrogens is 2. The van der Waals surface area contributed by atoms with Crippen LogP contribution in [0.1, 0.15) is 19.5 Å². The van der Waals surface area contributed by atoms with E-state index in [1.165, 1.54) is 44.3 Å². The molecule has 1 aromatic carbocycles. The third kappa shape index (κ3) is 4.88. The number of benzene rings is 1. The summed E-state index contributed by atoms with van der Waals surface area (Å²) in [6.07, 6.45) is 2.59. The first-order valence-corrected chi connectivity index (χ1v) is 9.90. The summed E-state index contributed by atoms with van der Waals surface area (Å²) >= 11 is 0. The molecule has 0 spiro atoms. The molecule has 0 saturated carbocycles. The maximum absolute atomic E-state index is 12.4. The molecule has 0 amide bonds. The van der Waals surface area contributed by atoms with Gasteiger partial charge in [-0.15, -0.1) is 0 Å². The number of sulfonamides is 1. The zero-order valence-electron chi connectivity index (χ0n) is 15.8. The molecule has 2 heterocycles. The second-order valence-electron chi connectivity index (χ2n) is 6.53. The predicted molar refractivity (Wildman–Crippen MR) is 102 cm³/mol. The van der Waals surface area contributed by atoms with Crippen molar-refractivity contribution in [1.29, 1.82) is 0 Å². The van der Waals surface area contributed by atoms with Crippen LogP contribution in [0.25, 0.3) is 0 Å². The van der Waals surface area contributed by atoms with E-state index >= 15 is 0 Å². The maximum atomic E-state index is 12.4. The van der Waals surface area contributed by atoms with Gasteiger partial charge in [-0.2, -0.15) is 0 Å². The number of rotatable bonds is 5. The zero-order valence-corrected chi connectivity index (χ0v) is 16.6. The average molecular weight is 418 g/mol. The summed E-state index contributed by atoms with van der Waals surface area (Å²) < 4.78 is 37.1. The Kier molecular flexibility index (Phi) is 5.25. The van der Waals surface area contributed by atoms with Gasteiger partial charge < -0.3 is 14.8 Å². The van der Waals surface area contributed by atoms with Crippen molar-refractivity contribution < 1.29 is 27.5 Å². The van der Waals surface area contributed by atoms with Gasteiger partial charge in [0.15, 0.2) is 5.57 Å².